The van der Waals surface area contributed by atoms with Crippen molar-refractivity contribution >= 4 is 17.5 Å². The van der Waals surface area contributed by atoms with E-state index in [0.29, 0.717) is 19.5 Å². The minimum absolute atomic E-state index is 0.0771. The molecule has 0 bridgehead atoms. The number of carbonyl (C=O) groups is 1. The Hall–Kier alpha value is -5.01. The second-order valence-electron chi connectivity index (χ2n) is 13.4. The molecule has 4 heterocycles. The number of halogens is 6. The number of amides is 1. The maximum atomic E-state index is 14.5. The Labute approximate surface area is 288 Å². The first-order valence-electron chi connectivity index (χ1n) is 16.3. The van der Waals surface area contributed by atoms with Crippen molar-refractivity contribution < 1.29 is 36.2 Å². The molecule has 1 aliphatic carbocycles. The highest BCUT2D eigenvalue weighted by Gasteiger charge is 2.54. The fourth-order valence-electron chi connectivity index (χ4n) is 7.05. The number of nitriles is 1. The Bertz CT molecular complexity index is 2050. The normalized spacial score (nSPS) is 18.4. The summed E-state index contributed by atoms with van der Waals surface area (Å²) < 4.78 is 87.2. The van der Waals surface area contributed by atoms with Crippen molar-refractivity contribution in [1.82, 2.24) is 24.6 Å². The number of aliphatic hydroxyl groups is 1. The third kappa shape index (κ3) is 6.63. The average molecular weight is 711 g/mol. The van der Waals surface area contributed by atoms with Crippen molar-refractivity contribution in [2.45, 2.75) is 57.2 Å². The quantitative estimate of drug-likeness (QED) is 0.151. The fourth-order valence-corrected chi connectivity index (χ4v) is 7.05. The van der Waals surface area contributed by atoms with E-state index in [2.05, 4.69) is 20.5 Å². The molecular weight excluding hydrogens is 678 g/mol. The highest BCUT2D eigenvalue weighted by Crippen LogP contribution is 2.53. The maximum Gasteiger partial charge on any atom is 0.416 e. The van der Waals surface area contributed by atoms with Gasteiger partial charge in [-0.25, -0.2) is 4.98 Å². The summed E-state index contributed by atoms with van der Waals surface area (Å²) in [5, 5.41) is 30.4. The molecule has 0 unspecified atom stereocenters. The lowest BCUT2D eigenvalue weighted by molar-refractivity contribution is -0.138. The van der Waals surface area contributed by atoms with Gasteiger partial charge in [-0.05, 0) is 84.0 Å². The molecule has 1 saturated carbocycles. The third-order valence-corrected chi connectivity index (χ3v) is 9.85. The van der Waals surface area contributed by atoms with E-state index in [1.807, 2.05) is 11.0 Å². The zero-order valence-corrected chi connectivity index (χ0v) is 27.3. The number of nitrogens with one attached hydrogen (secondary N) is 1. The van der Waals surface area contributed by atoms with Crippen LogP contribution >= 0.6 is 0 Å². The molecule has 2 fully saturated rings. The summed E-state index contributed by atoms with van der Waals surface area (Å²) in [7, 11) is 1.62. The number of carbonyl (C=O) groups excluding carboxylic acids is 1. The van der Waals surface area contributed by atoms with E-state index in [9.17, 15) is 36.2 Å². The zero-order valence-electron chi connectivity index (χ0n) is 27.3. The van der Waals surface area contributed by atoms with Crippen molar-refractivity contribution in [2.75, 3.05) is 29.9 Å². The van der Waals surface area contributed by atoms with Crippen molar-refractivity contribution in [3.05, 3.63) is 76.6 Å². The molecule has 1 spiro atoms. The van der Waals surface area contributed by atoms with Crippen LogP contribution in [0.3, 0.4) is 0 Å². The lowest BCUT2D eigenvalue weighted by Gasteiger charge is -2.20. The van der Waals surface area contributed by atoms with Crippen molar-refractivity contribution in [1.29, 1.82) is 5.26 Å². The van der Waals surface area contributed by atoms with E-state index >= 15 is 0 Å². The van der Waals surface area contributed by atoms with E-state index in [1.54, 1.807) is 7.05 Å². The van der Waals surface area contributed by atoms with Crippen LogP contribution in [-0.4, -0.2) is 61.4 Å². The van der Waals surface area contributed by atoms with E-state index in [0.717, 1.165) is 35.9 Å². The Morgan fingerprint density at radius 2 is 1.82 bits per heavy atom. The van der Waals surface area contributed by atoms with Crippen LogP contribution in [0.4, 0.5) is 38.0 Å². The van der Waals surface area contributed by atoms with Gasteiger partial charge in [0.15, 0.2) is 5.82 Å². The van der Waals surface area contributed by atoms with Gasteiger partial charge in [0.2, 0.25) is 0 Å². The van der Waals surface area contributed by atoms with Crippen molar-refractivity contribution in [2.24, 2.45) is 12.5 Å². The lowest BCUT2D eigenvalue weighted by atomic mass is 9.96. The number of hydrogen-bond acceptors (Lipinski definition) is 8. The molecule has 10 nitrogen and oxygen atoms in total. The van der Waals surface area contributed by atoms with Gasteiger partial charge in [-0.3, -0.25) is 14.6 Å². The number of anilines is 2. The molecule has 266 valence electrons. The molecule has 51 heavy (non-hydrogen) atoms. The monoisotopic (exact) mass is 710 g/mol. The number of aryl methyl sites for hydroxylation is 1. The molecule has 7 rings (SSSR count). The smallest absolute Gasteiger partial charge is 0.391 e. The molecule has 0 radical (unpaired) electrons. The number of aromatic nitrogens is 4. The van der Waals surface area contributed by atoms with Gasteiger partial charge in [-0.15, -0.1) is 10.2 Å². The Morgan fingerprint density at radius 1 is 1.04 bits per heavy atom. The minimum Gasteiger partial charge on any atom is -0.391 e. The first-order chi connectivity index (χ1) is 24.2. The molecule has 4 aromatic rings. The number of likely N-dealkylation sites (tertiary alicyclic amines) is 1. The number of fused-ring (bicyclic) bond motifs is 1. The molecule has 1 atom stereocenters. The van der Waals surface area contributed by atoms with Gasteiger partial charge < -0.3 is 15.0 Å². The van der Waals surface area contributed by atoms with Crippen LogP contribution in [0, 0.1) is 16.7 Å². The van der Waals surface area contributed by atoms with Crippen LogP contribution in [0.2, 0.25) is 0 Å². The Morgan fingerprint density at radius 3 is 2.47 bits per heavy atom. The number of pyridine rings is 1. The van der Waals surface area contributed by atoms with E-state index in [1.165, 1.54) is 35.2 Å². The van der Waals surface area contributed by atoms with E-state index in [4.69, 9.17) is 5.26 Å². The van der Waals surface area contributed by atoms with Gasteiger partial charge in [-0.1, -0.05) is 0 Å². The summed E-state index contributed by atoms with van der Waals surface area (Å²) in [4.78, 5) is 21.5. The van der Waals surface area contributed by atoms with Gasteiger partial charge in [0.05, 0.1) is 29.8 Å². The fraction of sp³-hybridized carbons (Fsp3) is 0.400. The topological polar surface area (TPSA) is 123 Å². The molecule has 16 heteroatoms. The van der Waals surface area contributed by atoms with Gasteiger partial charge in [0.25, 0.3) is 5.91 Å². The molecule has 3 aliphatic rings. The van der Waals surface area contributed by atoms with Crippen LogP contribution in [0.25, 0.3) is 22.5 Å². The molecule has 1 amide bonds. The van der Waals surface area contributed by atoms with Crippen LogP contribution in [0.1, 0.15) is 58.3 Å². The Kier molecular flexibility index (Phi) is 8.54. The minimum atomic E-state index is -4.79. The molecular formula is C35H32F6N8O2. The van der Waals surface area contributed by atoms with Crippen LogP contribution in [-0.2, 0) is 32.5 Å². The summed E-state index contributed by atoms with van der Waals surface area (Å²) in [6, 6.07) is 10.5. The SMILES string of the molecule is Cn1cnnc1-c1ccc(C(F)(F)F)cc1-c1cc(NCCCC#N)nc(N2Cc3c(cc(CN4C[C@@H](O)C5(CC5)C4)cc3C(F)(F)F)C2=O)c1. The van der Waals surface area contributed by atoms with Gasteiger partial charge in [0, 0.05) is 56.2 Å². The summed E-state index contributed by atoms with van der Waals surface area (Å²) in [5.41, 5.74) is -1.66. The number of alkyl halides is 6. The second kappa shape index (κ2) is 12.6. The number of unbranched alkanes of at least 4 members (excludes halogenated alkanes) is 1. The molecule has 2 aliphatic heterocycles. The highest BCUT2D eigenvalue weighted by molar-refractivity contribution is 6.10. The summed E-state index contributed by atoms with van der Waals surface area (Å²) in [5.74, 6) is -0.421. The number of rotatable bonds is 9. The highest BCUT2D eigenvalue weighted by atomic mass is 19.4. The number of benzene rings is 2. The first-order valence-corrected chi connectivity index (χ1v) is 16.3. The predicted molar refractivity (Wildman–Crippen MR) is 173 cm³/mol. The van der Waals surface area contributed by atoms with E-state index in [-0.39, 0.29) is 75.8 Å². The molecule has 2 N–H and O–H groups in total. The van der Waals surface area contributed by atoms with Crippen LogP contribution < -0.4 is 10.2 Å². The van der Waals surface area contributed by atoms with Gasteiger partial charge in [0.1, 0.15) is 18.0 Å². The predicted octanol–water partition coefficient (Wildman–Crippen LogP) is 6.41. The number of hydrogen-bond donors (Lipinski definition) is 2. The molecule has 1 saturated heterocycles. The van der Waals surface area contributed by atoms with Crippen molar-refractivity contribution in [3.63, 3.8) is 0 Å². The number of nitrogens with zero attached hydrogens (tertiary/aromatic N) is 7. The van der Waals surface area contributed by atoms with Gasteiger partial charge in [-0.2, -0.15) is 31.6 Å². The van der Waals surface area contributed by atoms with E-state index < -0.39 is 42.0 Å². The Balaban J connectivity index is 1.30. The third-order valence-electron chi connectivity index (χ3n) is 9.85. The standard InChI is InChI=1S/C35H32F6N8O2/c1-47-19-44-46-31(47)23-5-4-22(34(36,37)38)14-24(23)21-12-29(43-9-3-2-8-42)45-30(13-21)49-16-26-25(32(49)51)10-20(11-27(26)35(39,40)41)15-48-17-28(50)33(18-48)6-7-33/h4-5,10-14,19,28,50H,2-3,6-7,9,15-18H2,1H3,(H,43,45)/t28-/m1/s1. The average Bonchev–Trinajstić information content (AvgIpc) is 3.46. The number of aliphatic hydroxyl groups excluding tert-OH is 1. The zero-order chi connectivity index (χ0) is 36.3. The summed E-state index contributed by atoms with van der Waals surface area (Å²) in [6.45, 7) is 0.778. The first kappa shape index (κ1) is 34.4. The molecule has 2 aromatic carbocycles. The second-order valence-corrected chi connectivity index (χ2v) is 13.4. The maximum absolute atomic E-state index is 14.5. The van der Waals surface area contributed by atoms with Crippen LogP contribution in [0.5, 0.6) is 0 Å². The number of β-amino-alcohol motifs (C(OH)–C–C–N with tert-alkyl or cyclic N) is 1. The van der Waals surface area contributed by atoms with Crippen molar-refractivity contribution in [3.8, 4) is 28.6 Å². The largest absolute Gasteiger partial charge is 0.416 e. The summed E-state index contributed by atoms with van der Waals surface area (Å²) in [6.07, 6.45) is -6.32. The molecule has 2 aromatic heterocycles. The summed E-state index contributed by atoms with van der Waals surface area (Å²) >= 11 is 0. The van der Waals surface area contributed by atoms with Crippen LogP contribution in [0.15, 0.2) is 48.8 Å². The lowest BCUT2D eigenvalue weighted by Crippen LogP contribution is -2.25. The van der Waals surface area contributed by atoms with Gasteiger partial charge >= 0.3 is 12.4 Å².